The standard InChI is InChI=1S/C22H27FN6OS.HI/c1-15-13-29(14-20(30-15)17-6-8-18(23)9-7-17)22(24-11-19-5-4-10-31-19)25-12-21-27-26-16(2)28(21)3;/h4-10,15,20H,11-14H2,1-3H3,(H,24,25);1H. The first-order valence-corrected chi connectivity index (χ1v) is 11.2. The van der Waals surface area contributed by atoms with Crippen LogP contribution in [0.25, 0.3) is 0 Å². The smallest absolute Gasteiger partial charge is 0.194 e. The summed E-state index contributed by atoms with van der Waals surface area (Å²) in [5, 5.41) is 13.9. The SMILES string of the molecule is Cc1nnc(CN=C(NCc2cccs2)N2CC(C)OC(c3ccc(F)cc3)C2)n1C.I. The third-order valence-electron chi connectivity index (χ3n) is 5.36. The van der Waals surface area contributed by atoms with Gasteiger partial charge >= 0.3 is 0 Å². The van der Waals surface area contributed by atoms with Crippen molar-refractivity contribution in [1.29, 1.82) is 0 Å². The molecular formula is C22H28FIN6OS. The molecule has 0 spiro atoms. The molecule has 2 aromatic heterocycles. The fraction of sp³-hybridized carbons (Fsp3) is 0.409. The molecule has 2 unspecified atom stereocenters. The van der Waals surface area contributed by atoms with Gasteiger partial charge in [-0.2, -0.15) is 0 Å². The molecule has 0 bridgehead atoms. The van der Waals surface area contributed by atoms with Gasteiger partial charge in [0.2, 0.25) is 0 Å². The van der Waals surface area contributed by atoms with Crippen LogP contribution >= 0.6 is 35.3 Å². The highest BCUT2D eigenvalue weighted by atomic mass is 127. The van der Waals surface area contributed by atoms with E-state index in [1.54, 1.807) is 23.5 Å². The Bertz CT molecular complexity index is 1020. The van der Waals surface area contributed by atoms with Gasteiger partial charge < -0.3 is 19.5 Å². The van der Waals surface area contributed by atoms with Crippen LogP contribution in [-0.2, 0) is 24.9 Å². The van der Waals surface area contributed by atoms with E-state index in [4.69, 9.17) is 9.73 Å². The second-order valence-electron chi connectivity index (χ2n) is 7.69. The molecule has 10 heteroatoms. The molecule has 0 saturated carbocycles. The maximum absolute atomic E-state index is 13.4. The number of ether oxygens (including phenoxy) is 1. The molecule has 2 atom stereocenters. The summed E-state index contributed by atoms with van der Waals surface area (Å²) in [6.45, 7) is 6.44. The zero-order chi connectivity index (χ0) is 21.8. The van der Waals surface area contributed by atoms with E-state index in [9.17, 15) is 4.39 Å². The number of aromatic nitrogens is 3. The van der Waals surface area contributed by atoms with Crippen LogP contribution < -0.4 is 5.32 Å². The van der Waals surface area contributed by atoms with Crippen molar-refractivity contribution < 1.29 is 9.13 Å². The number of guanidine groups is 1. The number of rotatable bonds is 5. The number of nitrogens with zero attached hydrogens (tertiary/aromatic N) is 5. The Hall–Kier alpha value is -2.05. The first-order chi connectivity index (χ1) is 15.0. The second-order valence-corrected chi connectivity index (χ2v) is 8.72. The van der Waals surface area contributed by atoms with E-state index in [1.807, 2.05) is 31.5 Å². The number of aryl methyl sites for hydroxylation is 1. The Morgan fingerprint density at radius 3 is 2.69 bits per heavy atom. The van der Waals surface area contributed by atoms with Crippen molar-refractivity contribution >= 4 is 41.3 Å². The van der Waals surface area contributed by atoms with Crippen molar-refractivity contribution in [2.75, 3.05) is 13.1 Å². The lowest BCUT2D eigenvalue weighted by Gasteiger charge is -2.38. The molecule has 1 fully saturated rings. The number of morpholine rings is 1. The Labute approximate surface area is 208 Å². The summed E-state index contributed by atoms with van der Waals surface area (Å²) in [5.74, 6) is 2.22. The van der Waals surface area contributed by atoms with Crippen LogP contribution in [0.5, 0.6) is 0 Å². The number of hydrogen-bond acceptors (Lipinski definition) is 5. The quantitative estimate of drug-likeness (QED) is 0.285. The van der Waals surface area contributed by atoms with Gasteiger partial charge in [-0.3, -0.25) is 0 Å². The minimum Gasteiger partial charge on any atom is -0.367 e. The van der Waals surface area contributed by atoms with E-state index in [0.29, 0.717) is 26.2 Å². The predicted molar refractivity (Wildman–Crippen MR) is 135 cm³/mol. The predicted octanol–water partition coefficient (Wildman–Crippen LogP) is 4.05. The van der Waals surface area contributed by atoms with Gasteiger partial charge in [-0.25, -0.2) is 9.38 Å². The van der Waals surface area contributed by atoms with Crippen molar-refractivity contribution in [2.45, 2.75) is 39.1 Å². The van der Waals surface area contributed by atoms with Gasteiger partial charge in [-0.15, -0.1) is 45.5 Å². The van der Waals surface area contributed by atoms with Crippen LogP contribution in [0.1, 0.15) is 35.1 Å². The summed E-state index contributed by atoms with van der Waals surface area (Å²) in [4.78, 5) is 8.31. The molecule has 1 aliphatic rings. The number of halogens is 2. The lowest BCUT2D eigenvalue weighted by atomic mass is 10.1. The van der Waals surface area contributed by atoms with Crippen LogP contribution in [0.15, 0.2) is 46.8 Å². The van der Waals surface area contributed by atoms with Gasteiger partial charge in [0, 0.05) is 18.5 Å². The first-order valence-electron chi connectivity index (χ1n) is 10.3. The van der Waals surface area contributed by atoms with Crippen molar-refractivity contribution in [3.05, 3.63) is 69.7 Å². The second kappa shape index (κ2) is 11.2. The molecule has 3 heterocycles. The van der Waals surface area contributed by atoms with Crippen LogP contribution in [0.2, 0.25) is 0 Å². The molecule has 1 aromatic carbocycles. The fourth-order valence-electron chi connectivity index (χ4n) is 3.57. The first kappa shape index (κ1) is 24.6. The minimum absolute atomic E-state index is 0. The van der Waals surface area contributed by atoms with Gasteiger partial charge in [-0.05, 0) is 43.0 Å². The Kier molecular flexibility index (Phi) is 8.60. The molecule has 0 aliphatic carbocycles. The molecule has 1 N–H and O–H groups in total. The number of nitrogens with one attached hydrogen (secondary N) is 1. The summed E-state index contributed by atoms with van der Waals surface area (Å²) in [6, 6.07) is 10.7. The van der Waals surface area contributed by atoms with Gasteiger partial charge in [0.15, 0.2) is 11.8 Å². The van der Waals surface area contributed by atoms with Crippen molar-refractivity contribution in [2.24, 2.45) is 12.0 Å². The third-order valence-corrected chi connectivity index (χ3v) is 6.23. The Morgan fingerprint density at radius 1 is 1.25 bits per heavy atom. The zero-order valence-corrected chi connectivity index (χ0v) is 21.5. The van der Waals surface area contributed by atoms with E-state index in [2.05, 4.69) is 31.9 Å². The molecular weight excluding hydrogens is 542 g/mol. The Morgan fingerprint density at radius 2 is 2.03 bits per heavy atom. The van der Waals surface area contributed by atoms with Crippen molar-refractivity contribution in [1.82, 2.24) is 25.0 Å². The van der Waals surface area contributed by atoms with Crippen LogP contribution in [0.3, 0.4) is 0 Å². The van der Waals surface area contributed by atoms with Crippen molar-refractivity contribution in [3.63, 3.8) is 0 Å². The van der Waals surface area contributed by atoms with Crippen molar-refractivity contribution in [3.8, 4) is 0 Å². The molecule has 0 amide bonds. The normalized spacial score (nSPS) is 19.0. The summed E-state index contributed by atoms with van der Waals surface area (Å²) in [5.41, 5.74) is 0.958. The highest BCUT2D eigenvalue weighted by Gasteiger charge is 2.28. The van der Waals surface area contributed by atoms with Gasteiger partial charge in [0.05, 0.1) is 19.2 Å². The van der Waals surface area contributed by atoms with Gasteiger partial charge in [0.25, 0.3) is 0 Å². The number of aliphatic imine (C=N–C) groups is 1. The van der Waals surface area contributed by atoms with E-state index in [0.717, 1.165) is 23.2 Å². The largest absolute Gasteiger partial charge is 0.367 e. The van der Waals surface area contributed by atoms with E-state index < -0.39 is 0 Å². The molecule has 32 heavy (non-hydrogen) atoms. The summed E-state index contributed by atoms with van der Waals surface area (Å²) in [7, 11) is 1.94. The highest BCUT2D eigenvalue weighted by Crippen LogP contribution is 2.25. The molecule has 0 radical (unpaired) electrons. The van der Waals surface area contributed by atoms with Gasteiger partial charge in [0.1, 0.15) is 24.3 Å². The van der Waals surface area contributed by atoms with Gasteiger partial charge in [-0.1, -0.05) is 18.2 Å². The van der Waals surface area contributed by atoms with E-state index in [1.165, 1.54) is 17.0 Å². The highest BCUT2D eigenvalue weighted by molar-refractivity contribution is 14.0. The summed E-state index contributed by atoms with van der Waals surface area (Å²) >= 11 is 1.71. The summed E-state index contributed by atoms with van der Waals surface area (Å²) in [6.07, 6.45) is -0.148. The summed E-state index contributed by atoms with van der Waals surface area (Å²) < 4.78 is 21.5. The number of hydrogen-bond donors (Lipinski definition) is 1. The minimum atomic E-state index is -0.247. The number of thiophene rings is 1. The molecule has 7 nitrogen and oxygen atoms in total. The maximum Gasteiger partial charge on any atom is 0.194 e. The van der Waals surface area contributed by atoms with E-state index in [-0.39, 0.29) is 42.0 Å². The zero-order valence-electron chi connectivity index (χ0n) is 18.4. The Balaban J connectivity index is 0.00000289. The fourth-order valence-corrected chi connectivity index (χ4v) is 4.21. The lowest BCUT2D eigenvalue weighted by Crippen LogP contribution is -2.50. The monoisotopic (exact) mass is 570 g/mol. The third kappa shape index (κ3) is 6.04. The van der Waals surface area contributed by atoms with Crippen LogP contribution in [-0.4, -0.2) is 44.8 Å². The molecule has 4 rings (SSSR count). The maximum atomic E-state index is 13.4. The number of benzene rings is 1. The van der Waals surface area contributed by atoms with Crippen LogP contribution in [0, 0.1) is 12.7 Å². The molecule has 3 aromatic rings. The topological polar surface area (TPSA) is 67.6 Å². The lowest BCUT2D eigenvalue weighted by molar-refractivity contribution is -0.0605. The molecule has 1 aliphatic heterocycles. The molecule has 172 valence electrons. The average molecular weight is 570 g/mol. The van der Waals surface area contributed by atoms with Crippen LogP contribution in [0.4, 0.5) is 4.39 Å². The van der Waals surface area contributed by atoms with E-state index >= 15 is 0 Å². The average Bonchev–Trinajstić information content (AvgIpc) is 3.39. The molecule has 1 saturated heterocycles.